The smallest absolute Gasteiger partial charge is 0.116 e. The second-order valence-corrected chi connectivity index (χ2v) is 8.29. The van der Waals surface area contributed by atoms with Crippen LogP contribution in [0.3, 0.4) is 0 Å². The predicted octanol–water partition coefficient (Wildman–Crippen LogP) is 3.81. The number of nitrogens with zero attached hydrogens (tertiary/aromatic N) is 1. The lowest BCUT2D eigenvalue weighted by molar-refractivity contribution is -0.0522. The van der Waals surface area contributed by atoms with Gasteiger partial charge in [0.15, 0.2) is 0 Å². The summed E-state index contributed by atoms with van der Waals surface area (Å²) in [5.41, 5.74) is 4.36. The first-order valence-corrected chi connectivity index (χ1v) is 9.18. The Kier molecular flexibility index (Phi) is 2.74. The van der Waals surface area contributed by atoms with E-state index in [1.54, 1.807) is 6.07 Å². The van der Waals surface area contributed by atoms with Gasteiger partial charge in [0.25, 0.3) is 0 Å². The van der Waals surface area contributed by atoms with Crippen LogP contribution in [0.2, 0.25) is 0 Å². The number of H-pyrrole nitrogens is 1. The van der Waals surface area contributed by atoms with Gasteiger partial charge in [0.2, 0.25) is 0 Å². The minimum atomic E-state index is 0.238. The van der Waals surface area contributed by atoms with Gasteiger partial charge in [-0.3, -0.25) is 4.90 Å². The molecule has 5 unspecified atom stereocenters. The van der Waals surface area contributed by atoms with Crippen LogP contribution in [0.4, 0.5) is 0 Å². The van der Waals surface area contributed by atoms with Crippen LogP contribution in [0.5, 0.6) is 5.75 Å². The number of aromatic amines is 1. The SMILES string of the molecule is CCC1CC2CN3CCc4c([nH]c5ccc(O)cc45)C(C)(C2)C13. The number of fused-ring (bicyclic) bond motifs is 4. The molecule has 5 atom stereocenters. The minimum absolute atomic E-state index is 0.238. The molecular formula is C20H26N2O. The molecule has 1 aliphatic carbocycles. The number of rotatable bonds is 1. The number of phenolic OH excluding ortho intramolecular Hbond substituents is 1. The van der Waals surface area contributed by atoms with Gasteiger partial charge < -0.3 is 10.1 Å². The molecule has 4 heterocycles. The van der Waals surface area contributed by atoms with Gasteiger partial charge in [0.05, 0.1) is 0 Å². The van der Waals surface area contributed by atoms with Crippen molar-refractivity contribution in [3.8, 4) is 5.75 Å². The number of phenols is 1. The molecule has 4 bridgehead atoms. The Labute approximate surface area is 137 Å². The van der Waals surface area contributed by atoms with Crippen LogP contribution in [0, 0.1) is 11.8 Å². The van der Waals surface area contributed by atoms with Gasteiger partial charge in [-0.05, 0) is 54.9 Å². The fourth-order valence-electron chi connectivity index (χ4n) is 6.27. The highest BCUT2D eigenvalue weighted by Crippen LogP contribution is 2.54. The predicted molar refractivity (Wildman–Crippen MR) is 92.9 cm³/mol. The summed E-state index contributed by atoms with van der Waals surface area (Å²) in [6.45, 7) is 7.33. The average Bonchev–Trinajstić information content (AvgIpc) is 2.87. The lowest BCUT2D eigenvalue weighted by atomic mass is 9.57. The van der Waals surface area contributed by atoms with Crippen molar-refractivity contribution >= 4 is 10.9 Å². The topological polar surface area (TPSA) is 39.3 Å². The largest absolute Gasteiger partial charge is 0.508 e. The number of piperidine rings is 2. The van der Waals surface area contributed by atoms with Crippen molar-refractivity contribution in [2.75, 3.05) is 13.1 Å². The van der Waals surface area contributed by atoms with Crippen molar-refractivity contribution < 1.29 is 5.11 Å². The second kappa shape index (κ2) is 4.54. The van der Waals surface area contributed by atoms with E-state index in [1.165, 1.54) is 54.5 Å². The van der Waals surface area contributed by atoms with Gasteiger partial charge in [-0.1, -0.05) is 20.3 Å². The van der Waals surface area contributed by atoms with E-state index in [0.717, 1.165) is 18.3 Å². The molecule has 1 saturated carbocycles. The lowest BCUT2D eigenvalue weighted by Crippen LogP contribution is -2.63. The monoisotopic (exact) mass is 310 g/mol. The molecule has 23 heavy (non-hydrogen) atoms. The molecule has 0 radical (unpaired) electrons. The van der Waals surface area contributed by atoms with Crippen molar-refractivity contribution in [3.63, 3.8) is 0 Å². The van der Waals surface area contributed by atoms with Gasteiger partial charge >= 0.3 is 0 Å². The molecule has 4 aliphatic rings. The molecule has 122 valence electrons. The number of hydrogen-bond donors (Lipinski definition) is 2. The third-order valence-electron chi connectivity index (χ3n) is 6.97. The Balaban J connectivity index is 1.75. The molecule has 1 aromatic heterocycles. The van der Waals surface area contributed by atoms with Gasteiger partial charge in [0.1, 0.15) is 5.75 Å². The highest BCUT2D eigenvalue weighted by Gasteiger charge is 2.55. The van der Waals surface area contributed by atoms with Gasteiger partial charge in [-0.25, -0.2) is 0 Å². The molecule has 3 heteroatoms. The van der Waals surface area contributed by atoms with Crippen LogP contribution in [-0.4, -0.2) is 34.1 Å². The lowest BCUT2D eigenvalue weighted by Gasteiger charge is -2.58. The minimum Gasteiger partial charge on any atom is -0.508 e. The van der Waals surface area contributed by atoms with E-state index in [1.807, 2.05) is 12.1 Å². The summed E-state index contributed by atoms with van der Waals surface area (Å²) in [5.74, 6) is 2.06. The molecule has 3 nitrogen and oxygen atoms in total. The Hall–Kier alpha value is -1.48. The van der Waals surface area contributed by atoms with E-state index in [4.69, 9.17) is 0 Å². The van der Waals surface area contributed by atoms with Crippen LogP contribution in [0.15, 0.2) is 18.2 Å². The van der Waals surface area contributed by atoms with Crippen molar-refractivity contribution in [2.24, 2.45) is 11.8 Å². The zero-order valence-corrected chi connectivity index (χ0v) is 14.1. The van der Waals surface area contributed by atoms with Crippen molar-refractivity contribution in [1.29, 1.82) is 0 Å². The maximum absolute atomic E-state index is 9.93. The molecule has 2 saturated heterocycles. The summed E-state index contributed by atoms with van der Waals surface area (Å²) >= 11 is 0. The van der Waals surface area contributed by atoms with Crippen molar-refractivity contribution in [1.82, 2.24) is 9.88 Å². The molecule has 0 amide bonds. The molecule has 3 fully saturated rings. The number of nitrogens with one attached hydrogen (secondary N) is 1. The number of aromatic nitrogens is 1. The Morgan fingerprint density at radius 1 is 1.39 bits per heavy atom. The number of hydrogen-bond acceptors (Lipinski definition) is 2. The summed E-state index contributed by atoms with van der Waals surface area (Å²) in [7, 11) is 0. The molecule has 2 aromatic rings. The van der Waals surface area contributed by atoms with E-state index < -0.39 is 0 Å². The highest BCUT2D eigenvalue weighted by atomic mass is 16.3. The normalized spacial score (nSPS) is 38.5. The van der Waals surface area contributed by atoms with Crippen LogP contribution in [-0.2, 0) is 11.8 Å². The van der Waals surface area contributed by atoms with Crippen LogP contribution in [0.1, 0.15) is 44.4 Å². The fourth-order valence-corrected chi connectivity index (χ4v) is 6.27. The second-order valence-electron chi connectivity index (χ2n) is 8.29. The van der Waals surface area contributed by atoms with E-state index in [2.05, 4.69) is 23.7 Å². The van der Waals surface area contributed by atoms with Gasteiger partial charge in [-0.2, -0.15) is 0 Å². The quantitative estimate of drug-likeness (QED) is 0.841. The third kappa shape index (κ3) is 1.74. The zero-order chi connectivity index (χ0) is 15.8. The molecule has 0 spiro atoms. The van der Waals surface area contributed by atoms with E-state index in [9.17, 15) is 5.11 Å². The Bertz CT molecular complexity index is 779. The van der Waals surface area contributed by atoms with Gasteiger partial charge in [0, 0.05) is 41.1 Å². The zero-order valence-electron chi connectivity index (χ0n) is 14.1. The first-order chi connectivity index (χ1) is 11.1. The van der Waals surface area contributed by atoms with Crippen LogP contribution < -0.4 is 0 Å². The maximum atomic E-state index is 9.93. The molecule has 1 aromatic carbocycles. The standard InChI is InChI=1S/C20H26N2O/c1-3-13-8-12-10-20(2)18-15(6-7-22(11-12)19(13)20)16-9-14(23)4-5-17(16)21-18/h4-5,9,12-13,19,21,23H,3,6-8,10-11H2,1-2H3. The van der Waals surface area contributed by atoms with Gasteiger partial charge in [-0.15, -0.1) is 0 Å². The first kappa shape index (κ1) is 13.9. The Morgan fingerprint density at radius 2 is 2.26 bits per heavy atom. The van der Waals surface area contributed by atoms with Crippen LogP contribution >= 0.6 is 0 Å². The molecule has 2 N–H and O–H groups in total. The van der Waals surface area contributed by atoms with E-state index in [0.29, 0.717) is 11.8 Å². The molecule has 6 rings (SSSR count). The number of aromatic hydroxyl groups is 1. The maximum Gasteiger partial charge on any atom is 0.116 e. The van der Waals surface area contributed by atoms with Crippen molar-refractivity contribution in [2.45, 2.75) is 51.0 Å². The van der Waals surface area contributed by atoms with E-state index >= 15 is 0 Å². The fraction of sp³-hybridized carbons (Fsp3) is 0.600. The summed E-state index contributed by atoms with van der Waals surface area (Å²) < 4.78 is 0. The third-order valence-corrected chi connectivity index (χ3v) is 6.97. The number of benzene rings is 1. The van der Waals surface area contributed by atoms with Crippen LogP contribution in [0.25, 0.3) is 10.9 Å². The van der Waals surface area contributed by atoms with E-state index in [-0.39, 0.29) is 5.41 Å². The molecule has 3 aliphatic heterocycles. The summed E-state index contributed by atoms with van der Waals surface area (Å²) in [6.07, 6.45) is 5.14. The summed E-state index contributed by atoms with van der Waals surface area (Å²) in [6, 6.07) is 6.47. The average molecular weight is 310 g/mol. The Morgan fingerprint density at radius 3 is 3.09 bits per heavy atom. The van der Waals surface area contributed by atoms with Crippen molar-refractivity contribution in [3.05, 3.63) is 29.5 Å². The summed E-state index contributed by atoms with van der Waals surface area (Å²) in [4.78, 5) is 6.56. The first-order valence-electron chi connectivity index (χ1n) is 9.18. The highest BCUT2D eigenvalue weighted by molar-refractivity contribution is 5.86. The molecular weight excluding hydrogens is 284 g/mol. The summed E-state index contributed by atoms with van der Waals surface area (Å²) in [5, 5.41) is 11.2.